The monoisotopic (exact) mass is 170 g/mol. The first-order chi connectivity index (χ1) is 5.57. The highest BCUT2D eigenvalue weighted by molar-refractivity contribution is 5.89. The number of hydrogen-bond acceptors (Lipinski definition) is 3. The SMILES string of the molecule is CC[C@H]1OC(=O)C(C)=C(O)[C@H]1C. The molecule has 1 aliphatic rings. The lowest BCUT2D eigenvalue weighted by Gasteiger charge is -2.28. The lowest BCUT2D eigenvalue weighted by Crippen LogP contribution is -2.32. The average Bonchev–Trinajstić information content (AvgIpc) is 2.08. The van der Waals surface area contributed by atoms with E-state index >= 15 is 0 Å². The van der Waals surface area contributed by atoms with Crippen LogP contribution in [0.2, 0.25) is 0 Å². The summed E-state index contributed by atoms with van der Waals surface area (Å²) in [6.07, 6.45) is 0.575. The average molecular weight is 170 g/mol. The van der Waals surface area contributed by atoms with Crippen LogP contribution >= 0.6 is 0 Å². The van der Waals surface area contributed by atoms with Gasteiger partial charge >= 0.3 is 5.97 Å². The second-order valence-electron chi connectivity index (χ2n) is 3.15. The van der Waals surface area contributed by atoms with Gasteiger partial charge in [-0.3, -0.25) is 0 Å². The number of aliphatic hydroxyl groups is 1. The van der Waals surface area contributed by atoms with Gasteiger partial charge in [-0.25, -0.2) is 4.79 Å². The van der Waals surface area contributed by atoms with Crippen molar-refractivity contribution in [3.8, 4) is 0 Å². The molecule has 0 aliphatic carbocycles. The number of aliphatic hydroxyl groups excluding tert-OH is 1. The van der Waals surface area contributed by atoms with Crippen LogP contribution in [0.1, 0.15) is 27.2 Å². The summed E-state index contributed by atoms with van der Waals surface area (Å²) in [4.78, 5) is 11.1. The normalized spacial score (nSPS) is 30.4. The summed E-state index contributed by atoms with van der Waals surface area (Å²) >= 11 is 0. The molecule has 0 unspecified atom stereocenters. The molecule has 1 heterocycles. The van der Waals surface area contributed by atoms with Crippen LogP contribution in [0, 0.1) is 5.92 Å². The van der Waals surface area contributed by atoms with Gasteiger partial charge in [0.1, 0.15) is 11.9 Å². The molecular formula is C9H14O3. The number of rotatable bonds is 1. The van der Waals surface area contributed by atoms with E-state index in [2.05, 4.69) is 0 Å². The Morgan fingerprint density at radius 1 is 1.58 bits per heavy atom. The van der Waals surface area contributed by atoms with Crippen molar-refractivity contribution in [3.63, 3.8) is 0 Å². The number of carbonyl (C=O) groups is 1. The molecule has 0 aromatic heterocycles. The second kappa shape index (κ2) is 3.17. The molecule has 0 bridgehead atoms. The standard InChI is InChI=1S/C9H14O3/c1-4-7-5(2)8(10)6(3)9(11)12-7/h5,7,10H,4H2,1-3H3/t5-,7+/m0/s1. The zero-order valence-corrected chi connectivity index (χ0v) is 7.63. The van der Waals surface area contributed by atoms with Crippen molar-refractivity contribution >= 4 is 5.97 Å². The Kier molecular flexibility index (Phi) is 2.40. The summed E-state index contributed by atoms with van der Waals surface area (Å²) in [6.45, 7) is 5.38. The Balaban J connectivity index is 2.93. The smallest absolute Gasteiger partial charge is 0.337 e. The summed E-state index contributed by atoms with van der Waals surface area (Å²) in [7, 11) is 0. The summed E-state index contributed by atoms with van der Waals surface area (Å²) in [6, 6.07) is 0. The highest BCUT2D eigenvalue weighted by atomic mass is 16.5. The zero-order chi connectivity index (χ0) is 9.30. The Morgan fingerprint density at radius 3 is 2.67 bits per heavy atom. The van der Waals surface area contributed by atoms with Gasteiger partial charge in [0, 0.05) is 0 Å². The molecule has 0 aromatic rings. The van der Waals surface area contributed by atoms with Gasteiger partial charge in [0.2, 0.25) is 0 Å². The molecule has 68 valence electrons. The van der Waals surface area contributed by atoms with Crippen molar-refractivity contribution in [1.29, 1.82) is 0 Å². The minimum absolute atomic E-state index is 0.0623. The molecule has 2 atom stereocenters. The van der Waals surface area contributed by atoms with Crippen LogP contribution in [0.25, 0.3) is 0 Å². The van der Waals surface area contributed by atoms with Crippen LogP contribution in [0.15, 0.2) is 11.3 Å². The van der Waals surface area contributed by atoms with E-state index < -0.39 is 5.97 Å². The maximum atomic E-state index is 11.1. The molecular weight excluding hydrogens is 156 g/mol. The Labute approximate surface area is 72.0 Å². The fraction of sp³-hybridized carbons (Fsp3) is 0.667. The summed E-state index contributed by atoms with van der Waals surface area (Å²) in [5.41, 5.74) is 0.340. The first kappa shape index (κ1) is 9.10. The van der Waals surface area contributed by atoms with E-state index in [0.29, 0.717) is 5.57 Å². The molecule has 0 amide bonds. The number of hydrogen-bond donors (Lipinski definition) is 1. The van der Waals surface area contributed by atoms with Crippen LogP contribution in [0.3, 0.4) is 0 Å². The van der Waals surface area contributed by atoms with Gasteiger partial charge in [0.05, 0.1) is 11.5 Å². The fourth-order valence-corrected chi connectivity index (χ4v) is 1.39. The van der Waals surface area contributed by atoms with Crippen molar-refractivity contribution in [1.82, 2.24) is 0 Å². The van der Waals surface area contributed by atoms with Crippen LogP contribution in [0.4, 0.5) is 0 Å². The highest BCUT2D eigenvalue weighted by Crippen LogP contribution is 2.26. The topological polar surface area (TPSA) is 46.5 Å². The first-order valence-electron chi connectivity index (χ1n) is 4.18. The molecule has 0 spiro atoms. The summed E-state index contributed by atoms with van der Waals surface area (Å²) < 4.78 is 5.07. The minimum Gasteiger partial charge on any atom is -0.511 e. The lowest BCUT2D eigenvalue weighted by atomic mass is 9.95. The molecule has 3 heteroatoms. The number of esters is 1. The maximum absolute atomic E-state index is 11.1. The van der Waals surface area contributed by atoms with Crippen LogP contribution in [-0.2, 0) is 9.53 Å². The molecule has 1 aliphatic heterocycles. The maximum Gasteiger partial charge on any atom is 0.337 e. The zero-order valence-electron chi connectivity index (χ0n) is 7.63. The van der Waals surface area contributed by atoms with Gasteiger partial charge in [-0.15, -0.1) is 0 Å². The van der Waals surface area contributed by atoms with Crippen molar-refractivity contribution < 1.29 is 14.6 Å². The molecule has 0 aromatic carbocycles. The molecule has 0 fully saturated rings. The number of carbonyl (C=O) groups excluding carboxylic acids is 1. The van der Waals surface area contributed by atoms with E-state index in [0.717, 1.165) is 6.42 Å². The number of cyclic esters (lactones) is 1. The molecule has 3 nitrogen and oxygen atoms in total. The van der Waals surface area contributed by atoms with Crippen LogP contribution in [-0.4, -0.2) is 17.2 Å². The third-order valence-electron chi connectivity index (χ3n) is 2.34. The molecule has 0 saturated carbocycles. The van der Waals surface area contributed by atoms with Crippen molar-refractivity contribution in [2.24, 2.45) is 5.92 Å². The molecule has 0 radical (unpaired) electrons. The third kappa shape index (κ3) is 1.31. The van der Waals surface area contributed by atoms with Gasteiger partial charge < -0.3 is 9.84 Å². The Morgan fingerprint density at radius 2 is 2.17 bits per heavy atom. The van der Waals surface area contributed by atoms with Gasteiger partial charge in [-0.05, 0) is 13.3 Å². The van der Waals surface area contributed by atoms with E-state index in [1.54, 1.807) is 6.92 Å². The molecule has 1 N–H and O–H groups in total. The van der Waals surface area contributed by atoms with Crippen LogP contribution in [0.5, 0.6) is 0 Å². The molecule has 1 rings (SSSR count). The minimum atomic E-state index is -0.391. The van der Waals surface area contributed by atoms with Crippen molar-refractivity contribution in [2.75, 3.05) is 0 Å². The van der Waals surface area contributed by atoms with Gasteiger partial charge in [-0.1, -0.05) is 13.8 Å². The van der Waals surface area contributed by atoms with E-state index in [9.17, 15) is 9.90 Å². The highest BCUT2D eigenvalue weighted by Gasteiger charge is 2.31. The number of ether oxygens (including phenoxy) is 1. The Bertz CT molecular complexity index is 230. The van der Waals surface area contributed by atoms with Gasteiger partial charge in [-0.2, -0.15) is 0 Å². The third-order valence-corrected chi connectivity index (χ3v) is 2.34. The van der Waals surface area contributed by atoms with Crippen molar-refractivity contribution in [3.05, 3.63) is 11.3 Å². The van der Waals surface area contributed by atoms with Gasteiger partial charge in [0.15, 0.2) is 0 Å². The van der Waals surface area contributed by atoms with Gasteiger partial charge in [0.25, 0.3) is 0 Å². The van der Waals surface area contributed by atoms with E-state index in [-0.39, 0.29) is 17.8 Å². The quantitative estimate of drug-likeness (QED) is 0.610. The Hall–Kier alpha value is -0.990. The first-order valence-corrected chi connectivity index (χ1v) is 4.18. The van der Waals surface area contributed by atoms with E-state index in [1.165, 1.54) is 0 Å². The fourth-order valence-electron chi connectivity index (χ4n) is 1.39. The largest absolute Gasteiger partial charge is 0.511 e. The molecule has 0 saturated heterocycles. The second-order valence-corrected chi connectivity index (χ2v) is 3.15. The van der Waals surface area contributed by atoms with E-state index in [1.807, 2.05) is 13.8 Å². The molecule has 12 heavy (non-hydrogen) atoms. The predicted octanol–water partition coefficient (Wildman–Crippen LogP) is 1.79. The summed E-state index contributed by atoms with van der Waals surface area (Å²) in [5.74, 6) is -0.275. The summed E-state index contributed by atoms with van der Waals surface area (Å²) in [5, 5.41) is 9.50. The predicted molar refractivity (Wildman–Crippen MR) is 44.7 cm³/mol. The lowest BCUT2D eigenvalue weighted by molar-refractivity contribution is -0.149. The van der Waals surface area contributed by atoms with Crippen molar-refractivity contribution in [2.45, 2.75) is 33.3 Å². The van der Waals surface area contributed by atoms with E-state index in [4.69, 9.17) is 4.74 Å². The van der Waals surface area contributed by atoms with Crippen LogP contribution < -0.4 is 0 Å².